The number of hydrogen-bond acceptors (Lipinski definition) is 3. The van der Waals surface area contributed by atoms with Crippen LogP contribution in [0.1, 0.15) is 32.1 Å². The fourth-order valence-corrected chi connectivity index (χ4v) is 3.10. The molecule has 1 aliphatic heterocycles. The predicted molar refractivity (Wildman–Crippen MR) is 60.6 cm³/mol. The lowest BCUT2D eigenvalue weighted by atomic mass is 10.1. The average molecular weight is 211 g/mol. The van der Waals surface area contributed by atoms with Gasteiger partial charge in [-0.3, -0.25) is 0 Å². The maximum atomic E-state index is 5.37. The largest absolute Gasteiger partial charge is 0.468 e. The standard InChI is InChI=1S/C11H17NOS/c1-8(11-4-3-6-13-11)12-10-5-7-14-9(10)2/h3-4,6,8-10,12H,5,7H2,1-2H3. The van der Waals surface area contributed by atoms with Crippen molar-refractivity contribution in [2.75, 3.05) is 5.75 Å². The van der Waals surface area contributed by atoms with E-state index in [1.54, 1.807) is 6.26 Å². The normalized spacial score (nSPS) is 29.3. The molecule has 0 spiro atoms. The van der Waals surface area contributed by atoms with Crippen LogP contribution >= 0.6 is 11.8 Å². The number of rotatable bonds is 3. The molecule has 1 saturated heterocycles. The van der Waals surface area contributed by atoms with E-state index in [-0.39, 0.29) is 0 Å². The average Bonchev–Trinajstić information content (AvgIpc) is 2.77. The zero-order chi connectivity index (χ0) is 9.97. The summed E-state index contributed by atoms with van der Waals surface area (Å²) in [5.41, 5.74) is 0. The lowest BCUT2D eigenvalue weighted by molar-refractivity contribution is 0.387. The summed E-state index contributed by atoms with van der Waals surface area (Å²) in [6.07, 6.45) is 3.01. The minimum atomic E-state index is 0.330. The zero-order valence-corrected chi connectivity index (χ0v) is 9.51. The fourth-order valence-electron chi connectivity index (χ4n) is 1.89. The van der Waals surface area contributed by atoms with Crippen LogP contribution in [0.15, 0.2) is 22.8 Å². The quantitative estimate of drug-likeness (QED) is 0.832. The Morgan fingerprint density at radius 1 is 1.64 bits per heavy atom. The number of hydrogen-bond donors (Lipinski definition) is 1. The molecule has 78 valence electrons. The van der Waals surface area contributed by atoms with Gasteiger partial charge in [0.05, 0.1) is 12.3 Å². The van der Waals surface area contributed by atoms with Crippen LogP contribution in [0.3, 0.4) is 0 Å². The van der Waals surface area contributed by atoms with E-state index in [1.807, 2.05) is 12.1 Å². The first-order valence-electron chi connectivity index (χ1n) is 5.18. The van der Waals surface area contributed by atoms with Crippen LogP contribution in [-0.4, -0.2) is 17.0 Å². The summed E-state index contributed by atoms with van der Waals surface area (Å²) in [6.45, 7) is 4.46. The zero-order valence-electron chi connectivity index (χ0n) is 8.69. The topological polar surface area (TPSA) is 25.2 Å². The molecule has 2 nitrogen and oxygen atoms in total. The van der Waals surface area contributed by atoms with E-state index in [0.29, 0.717) is 12.1 Å². The van der Waals surface area contributed by atoms with Gasteiger partial charge in [0.2, 0.25) is 0 Å². The molecule has 1 aliphatic rings. The fraction of sp³-hybridized carbons (Fsp3) is 0.636. The van der Waals surface area contributed by atoms with Crippen molar-refractivity contribution in [1.82, 2.24) is 5.32 Å². The molecule has 1 fully saturated rings. The van der Waals surface area contributed by atoms with Gasteiger partial charge in [-0.25, -0.2) is 0 Å². The molecule has 0 aliphatic carbocycles. The molecular weight excluding hydrogens is 194 g/mol. The van der Waals surface area contributed by atoms with Crippen molar-refractivity contribution in [3.63, 3.8) is 0 Å². The maximum absolute atomic E-state index is 5.37. The molecule has 3 heteroatoms. The van der Waals surface area contributed by atoms with Crippen LogP contribution < -0.4 is 5.32 Å². The maximum Gasteiger partial charge on any atom is 0.120 e. The third-order valence-corrected chi connectivity index (χ3v) is 4.14. The van der Waals surface area contributed by atoms with E-state index in [2.05, 4.69) is 30.9 Å². The van der Waals surface area contributed by atoms with Gasteiger partial charge in [0, 0.05) is 11.3 Å². The Morgan fingerprint density at radius 3 is 3.07 bits per heavy atom. The van der Waals surface area contributed by atoms with Gasteiger partial charge in [-0.05, 0) is 31.2 Å². The first-order chi connectivity index (χ1) is 6.77. The molecule has 3 atom stereocenters. The second kappa shape index (κ2) is 4.41. The first kappa shape index (κ1) is 10.1. The van der Waals surface area contributed by atoms with Crippen molar-refractivity contribution in [3.05, 3.63) is 24.2 Å². The Balaban J connectivity index is 1.91. The van der Waals surface area contributed by atoms with Gasteiger partial charge < -0.3 is 9.73 Å². The minimum Gasteiger partial charge on any atom is -0.468 e. The van der Waals surface area contributed by atoms with Gasteiger partial charge in [-0.15, -0.1) is 0 Å². The Labute approximate surface area is 89.4 Å². The molecule has 0 radical (unpaired) electrons. The van der Waals surface area contributed by atoms with Gasteiger partial charge in [0.1, 0.15) is 5.76 Å². The summed E-state index contributed by atoms with van der Waals surface area (Å²) >= 11 is 2.05. The Morgan fingerprint density at radius 2 is 2.50 bits per heavy atom. The SMILES string of the molecule is CC(NC1CCSC1C)c1ccco1. The second-order valence-corrected chi connectivity index (χ2v) is 5.36. The highest BCUT2D eigenvalue weighted by Crippen LogP contribution is 2.28. The lowest BCUT2D eigenvalue weighted by Gasteiger charge is -2.20. The summed E-state index contributed by atoms with van der Waals surface area (Å²) in [5.74, 6) is 2.32. The Kier molecular flexibility index (Phi) is 3.19. The number of furan rings is 1. The highest BCUT2D eigenvalue weighted by molar-refractivity contribution is 8.00. The number of thioether (sulfide) groups is 1. The molecule has 2 heterocycles. The molecule has 1 N–H and O–H groups in total. The first-order valence-corrected chi connectivity index (χ1v) is 6.23. The second-order valence-electron chi connectivity index (χ2n) is 3.87. The van der Waals surface area contributed by atoms with Crippen molar-refractivity contribution in [3.8, 4) is 0 Å². The molecule has 1 aromatic heterocycles. The third kappa shape index (κ3) is 2.15. The van der Waals surface area contributed by atoms with E-state index in [0.717, 1.165) is 11.0 Å². The van der Waals surface area contributed by atoms with Crippen LogP contribution in [0.25, 0.3) is 0 Å². The predicted octanol–water partition coefficient (Wildman–Crippen LogP) is 2.82. The molecule has 0 amide bonds. The summed E-state index contributed by atoms with van der Waals surface area (Å²) in [7, 11) is 0. The van der Waals surface area contributed by atoms with E-state index in [1.165, 1.54) is 12.2 Å². The van der Waals surface area contributed by atoms with Gasteiger partial charge in [0.25, 0.3) is 0 Å². The molecule has 2 rings (SSSR count). The molecule has 0 saturated carbocycles. The van der Waals surface area contributed by atoms with Gasteiger partial charge >= 0.3 is 0 Å². The van der Waals surface area contributed by atoms with Gasteiger partial charge in [0.15, 0.2) is 0 Å². The van der Waals surface area contributed by atoms with Gasteiger partial charge in [-0.1, -0.05) is 6.92 Å². The molecule has 0 aromatic carbocycles. The summed E-state index contributed by atoms with van der Waals surface area (Å²) in [6, 6.07) is 4.95. The summed E-state index contributed by atoms with van der Waals surface area (Å²) in [5, 5.41) is 4.35. The van der Waals surface area contributed by atoms with Crippen LogP contribution in [0, 0.1) is 0 Å². The van der Waals surface area contributed by atoms with Crippen molar-refractivity contribution in [1.29, 1.82) is 0 Å². The van der Waals surface area contributed by atoms with E-state index >= 15 is 0 Å². The third-order valence-electron chi connectivity index (χ3n) is 2.81. The van der Waals surface area contributed by atoms with Gasteiger partial charge in [-0.2, -0.15) is 11.8 Å². The van der Waals surface area contributed by atoms with Crippen molar-refractivity contribution < 1.29 is 4.42 Å². The smallest absolute Gasteiger partial charge is 0.120 e. The molecular formula is C11H17NOS. The van der Waals surface area contributed by atoms with E-state index < -0.39 is 0 Å². The van der Waals surface area contributed by atoms with Crippen LogP contribution in [-0.2, 0) is 0 Å². The minimum absolute atomic E-state index is 0.330. The highest BCUT2D eigenvalue weighted by Gasteiger charge is 2.25. The lowest BCUT2D eigenvalue weighted by Crippen LogP contribution is -2.35. The molecule has 0 bridgehead atoms. The Bertz CT molecular complexity index is 273. The van der Waals surface area contributed by atoms with E-state index in [9.17, 15) is 0 Å². The summed E-state index contributed by atoms with van der Waals surface area (Å²) in [4.78, 5) is 0. The summed E-state index contributed by atoms with van der Waals surface area (Å²) < 4.78 is 5.37. The van der Waals surface area contributed by atoms with Crippen molar-refractivity contribution in [2.45, 2.75) is 37.6 Å². The molecule has 3 unspecified atom stereocenters. The monoisotopic (exact) mass is 211 g/mol. The van der Waals surface area contributed by atoms with E-state index in [4.69, 9.17) is 4.42 Å². The van der Waals surface area contributed by atoms with Crippen LogP contribution in [0.5, 0.6) is 0 Å². The molecule has 1 aromatic rings. The number of nitrogens with one attached hydrogen (secondary N) is 1. The van der Waals surface area contributed by atoms with Crippen LogP contribution in [0.2, 0.25) is 0 Å². The highest BCUT2D eigenvalue weighted by atomic mass is 32.2. The Hall–Kier alpha value is -0.410. The molecule has 14 heavy (non-hydrogen) atoms. The van der Waals surface area contributed by atoms with Crippen molar-refractivity contribution in [2.24, 2.45) is 0 Å². The van der Waals surface area contributed by atoms with Crippen LogP contribution in [0.4, 0.5) is 0 Å². The van der Waals surface area contributed by atoms with Crippen molar-refractivity contribution >= 4 is 11.8 Å².